The van der Waals surface area contributed by atoms with Crippen LogP contribution in [0.1, 0.15) is 39.5 Å². The van der Waals surface area contributed by atoms with E-state index in [1.807, 2.05) is 0 Å². The van der Waals surface area contributed by atoms with Crippen LogP contribution in [-0.4, -0.2) is 24.5 Å². The normalized spacial score (nSPS) is 34.4. The molecule has 76 valence electrons. The van der Waals surface area contributed by atoms with Gasteiger partial charge in [-0.2, -0.15) is 0 Å². The van der Waals surface area contributed by atoms with E-state index < -0.39 is 0 Å². The molecule has 2 rings (SSSR count). The Morgan fingerprint density at radius 1 is 1.15 bits per heavy atom. The highest BCUT2D eigenvalue weighted by molar-refractivity contribution is 4.88. The number of hydrogen-bond acceptors (Lipinski definition) is 1. The third-order valence-electron chi connectivity index (χ3n) is 3.82. The van der Waals surface area contributed by atoms with Crippen LogP contribution in [0.2, 0.25) is 0 Å². The van der Waals surface area contributed by atoms with Gasteiger partial charge in [0, 0.05) is 13.1 Å². The van der Waals surface area contributed by atoms with Crippen molar-refractivity contribution in [3.8, 4) is 0 Å². The first-order chi connectivity index (χ1) is 6.25. The van der Waals surface area contributed by atoms with E-state index in [1.54, 1.807) is 0 Å². The lowest BCUT2D eigenvalue weighted by molar-refractivity contribution is 0.291. The van der Waals surface area contributed by atoms with Crippen molar-refractivity contribution >= 4 is 0 Å². The molecule has 1 heteroatoms. The molecular formula is C12H23N. The first kappa shape index (κ1) is 9.51. The van der Waals surface area contributed by atoms with Crippen molar-refractivity contribution in [3.05, 3.63) is 0 Å². The van der Waals surface area contributed by atoms with Crippen molar-refractivity contribution in [2.45, 2.75) is 39.5 Å². The van der Waals surface area contributed by atoms with Gasteiger partial charge in [0.05, 0.1) is 0 Å². The van der Waals surface area contributed by atoms with Crippen molar-refractivity contribution in [1.29, 1.82) is 0 Å². The maximum atomic E-state index is 2.70. The van der Waals surface area contributed by atoms with Gasteiger partial charge in [-0.05, 0) is 43.6 Å². The summed E-state index contributed by atoms with van der Waals surface area (Å²) < 4.78 is 0. The second-order valence-electron chi connectivity index (χ2n) is 5.39. The van der Waals surface area contributed by atoms with E-state index >= 15 is 0 Å². The van der Waals surface area contributed by atoms with Crippen molar-refractivity contribution in [1.82, 2.24) is 4.90 Å². The topological polar surface area (TPSA) is 3.24 Å². The van der Waals surface area contributed by atoms with Crippen LogP contribution < -0.4 is 0 Å². The maximum absolute atomic E-state index is 2.70. The summed E-state index contributed by atoms with van der Waals surface area (Å²) in [5, 5.41) is 0. The van der Waals surface area contributed by atoms with Crippen LogP contribution in [0.15, 0.2) is 0 Å². The average molecular weight is 181 g/mol. The summed E-state index contributed by atoms with van der Waals surface area (Å²) in [6.07, 6.45) is 5.93. The van der Waals surface area contributed by atoms with Gasteiger partial charge in [0.1, 0.15) is 0 Å². The Bertz CT molecular complexity index is 153. The first-order valence-corrected chi connectivity index (χ1v) is 5.98. The molecular weight excluding hydrogens is 158 g/mol. The minimum atomic E-state index is 0.875. The van der Waals surface area contributed by atoms with Crippen molar-refractivity contribution in [2.75, 3.05) is 19.6 Å². The molecule has 1 nitrogen and oxygen atoms in total. The molecule has 1 aliphatic heterocycles. The molecule has 1 saturated heterocycles. The second-order valence-corrected chi connectivity index (χ2v) is 5.39. The molecule has 0 bridgehead atoms. The van der Waals surface area contributed by atoms with Crippen molar-refractivity contribution < 1.29 is 0 Å². The molecule has 1 saturated carbocycles. The number of hydrogen-bond donors (Lipinski definition) is 0. The van der Waals surface area contributed by atoms with E-state index in [0.717, 1.165) is 17.8 Å². The number of likely N-dealkylation sites (tertiary alicyclic amines) is 1. The minimum absolute atomic E-state index is 0.875. The largest absolute Gasteiger partial charge is 0.303 e. The fourth-order valence-corrected chi connectivity index (χ4v) is 2.96. The van der Waals surface area contributed by atoms with Crippen molar-refractivity contribution in [2.24, 2.45) is 17.8 Å². The van der Waals surface area contributed by atoms with Crippen LogP contribution in [0, 0.1) is 17.8 Å². The van der Waals surface area contributed by atoms with E-state index in [1.165, 1.54) is 45.3 Å². The first-order valence-electron chi connectivity index (χ1n) is 5.98. The highest BCUT2D eigenvalue weighted by Crippen LogP contribution is 2.37. The van der Waals surface area contributed by atoms with Crippen molar-refractivity contribution in [3.63, 3.8) is 0 Å². The van der Waals surface area contributed by atoms with Gasteiger partial charge in [-0.25, -0.2) is 0 Å². The van der Waals surface area contributed by atoms with Crippen LogP contribution >= 0.6 is 0 Å². The lowest BCUT2D eigenvalue weighted by Crippen LogP contribution is -2.23. The van der Waals surface area contributed by atoms with E-state index in [9.17, 15) is 0 Å². The zero-order valence-corrected chi connectivity index (χ0v) is 9.13. The molecule has 2 fully saturated rings. The SMILES string of the molecule is CC(C)CCN1CC2CCCC2C1. The lowest BCUT2D eigenvalue weighted by Gasteiger charge is -2.17. The Morgan fingerprint density at radius 2 is 1.77 bits per heavy atom. The Labute approximate surface area is 82.5 Å². The zero-order valence-electron chi connectivity index (χ0n) is 9.13. The van der Waals surface area contributed by atoms with Gasteiger partial charge in [-0.3, -0.25) is 0 Å². The van der Waals surface area contributed by atoms with E-state index in [-0.39, 0.29) is 0 Å². The van der Waals surface area contributed by atoms with Crippen LogP contribution in [0.25, 0.3) is 0 Å². The smallest absolute Gasteiger partial charge is 0.00129 e. The number of nitrogens with zero attached hydrogens (tertiary/aromatic N) is 1. The molecule has 0 N–H and O–H groups in total. The Morgan fingerprint density at radius 3 is 2.31 bits per heavy atom. The van der Waals surface area contributed by atoms with Crippen LogP contribution in [0.3, 0.4) is 0 Å². The van der Waals surface area contributed by atoms with Gasteiger partial charge >= 0.3 is 0 Å². The van der Waals surface area contributed by atoms with Crippen LogP contribution in [-0.2, 0) is 0 Å². The predicted molar refractivity (Wildman–Crippen MR) is 56.7 cm³/mol. The molecule has 0 spiro atoms. The molecule has 2 unspecified atom stereocenters. The van der Waals surface area contributed by atoms with Crippen LogP contribution in [0.5, 0.6) is 0 Å². The summed E-state index contributed by atoms with van der Waals surface area (Å²) in [7, 11) is 0. The van der Waals surface area contributed by atoms with E-state index in [4.69, 9.17) is 0 Å². The fraction of sp³-hybridized carbons (Fsp3) is 1.00. The fourth-order valence-electron chi connectivity index (χ4n) is 2.96. The summed E-state index contributed by atoms with van der Waals surface area (Å²) >= 11 is 0. The Balaban J connectivity index is 1.73. The van der Waals surface area contributed by atoms with Gasteiger partial charge in [0.15, 0.2) is 0 Å². The molecule has 0 aromatic rings. The van der Waals surface area contributed by atoms with Gasteiger partial charge < -0.3 is 4.90 Å². The van der Waals surface area contributed by atoms with Crippen LogP contribution in [0.4, 0.5) is 0 Å². The standard InChI is InChI=1S/C12H23N/c1-10(2)6-7-13-8-11-4-3-5-12(11)9-13/h10-12H,3-9H2,1-2H3. The maximum Gasteiger partial charge on any atom is 0.00129 e. The second kappa shape index (κ2) is 4.00. The van der Waals surface area contributed by atoms with E-state index in [0.29, 0.717) is 0 Å². The number of fused-ring (bicyclic) bond motifs is 1. The summed E-state index contributed by atoms with van der Waals surface area (Å²) in [6, 6.07) is 0. The average Bonchev–Trinajstić information content (AvgIpc) is 2.58. The summed E-state index contributed by atoms with van der Waals surface area (Å²) in [5.74, 6) is 3.03. The molecule has 2 atom stereocenters. The predicted octanol–water partition coefficient (Wildman–Crippen LogP) is 2.76. The lowest BCUT2D eigenvalue weighted by atomic mass is 10.0. The third kappa shape index (κ3) is 2.25. The monoisotopic (exact) mass is 181 g/mol. The highest BCUT2D eigenvalue weighted by Gasteiger charge is 2.35. The van der Waals surface area contributed by atoms with E-state index in [2.05, 4.69) is 18.7 Å². The molecule has 13 heavy (non-hydrogen) atoms. The summed E-state index contributed by atoms with van der Waals surface area (Å²) in [4.78, 5) is 2.70. The number of rotatable bonds is 3. The Kier molecular flexibility index (Phi) is 2.92. The Hall–Kier alpha value is -0.0400. The zero-order chi connectivity index (χ0) is 9.26. The molecule has 2 aliphatic rings. The molecule has 0 aromatic carbocycles. The van der Waals surface area contributed by atoms with Gasteiger partial charge in [-0.15, -0.1) is 0 Å². The summed E-state index contributed by atoms with van der Waals surface area (Å²) in [5.41, 5.74) is 0. The van der Waals surface area contributed by atoms with Gasteiger partial charge in [-0.1, -0.05) is 20.3 Å². The molecule has 1 heterocycles. The molecule has 0 aromatic heterocycles. The molecule has 0 radical (unpaired) electrons. The van der Waals surface area contributed by atoms with Gasteiger partial charge in [0.25, 0.3) is 0 Å². The molecule has 0 amide bonds. The molecule has 1 aliphatic carbocycles. The highest BCUT2D eigenvalue weighted by atomic mass is 15.2. The van der Waals surface area contributed by atoms with Gasteiger partial charge in [0.2, 0.25) is 0 Å². The minimum Gasteiger partial charge on any atom is -0.303 e. The third-order valence-corrected chi connectivity index (χ3v) is 3.82. The quantitative estimate of drug-likeness (QED) is 0.647. The summed E-state index contributed by atoms with van der Waals surface area (Å²) in [6.45, 7) is 8.84.